The van der Waals surface area contributed by atoms with Gasteiger partial charge in [-0.2, -0.15) is 0 Å². The number of methoxy groups -OCH3 is 1. The molecule has 0 saturated heterocycles. The van der Waals surface area contributed by atoms with Crippen LogP contribution in [0.15, 0.2) is 16.7 Å². The van der Waals surface area contributed by atoms with Crippen LogP contribution >= 0.6 is 15.9 Å². The number of ether oxygens (including phenoxy) is 3. The number of hydrogen-bond acceptors (Lipinski definition) is 5. The second-order valence-electron chi connectivity index (χ2n) is 4.73. The zero-order valence-corrected chi connectivity index (χ0v) is 13.3. The summed E-state index contributed by atoms with van der Waals surface area (Å²) < 4.78 is 16.9. The third kappa shape index (κ3) is 5.75. The third-order valence-electron chi connectivity index (χ3n) is 2.95. The average Bonchev–Trinajstić information content (AvgIpc) is 3.26. The molecule has 1 saturated carbocycles. The molecule has 20 heavy (non-hydrogen) atoms. The Morgan fingerprint density at radius 1 is 1.30 bits per heavy atom. The van der Waals surface area contributed by atoms with Gasteiger partial charge in [-0.3, -0.25) is 0 Å². The number of hydrogen-bond donors (Lipinski definition) is 1. The lowest BCUT2D eigenvalue weighted by atomic mass is 10.2. The predicted molar refractivity (Wildman–Crippen MR) is 80.0 cm³/mol. The SMILES string of the molecule is COCCOCCOc1ncc(Br)cc1CNC1CC1. The molecule has 0 bridgehead atoms. The van der Waals surface area contributed by atoms with Crippen molar-refractivity contribution in [3.8, 4) is 5.88 Å². The van der Waals surface area contributed by atoms with Crippen LogP contribution in [0.5, 0.6) is 5.88 Å². The van der Waals surface area contributed by atoms with Gasteiger partial charge in [0.15, 0.2) is 0 Å². The van der Waals surface area contributed by atoms with Gasteiger partial charge in [0.25, 0.3) is 0 Å². The standard InChI is InChI=1S/C14H21BrN2O3/c1-18-4-5-19-6-7-20-14-11(8-12(15)10-17-14)9-16-13-2-3-13/h8,10,13,16H,2-7,9H2,1H3. The van der Waals surface area contributed by atoms with Gasteiger partial charge in [-0.25, -0.2) is 4.98 Å². The van der Waals surface area contributed by atoms with E-state index in [1.54, 1.807) is 13.3 Å². The minimum absolute atomic E-state index is 0.495. The first-order chi connectivity index (χ1) is 9.79. The number of pyridine rings is 1. The summed E-state index contributed by atoms with van der Waals surface area (Å²) in [6.07, 6.45) is 4.29. The topological polar surface area (TPSA) is 52.6 Å². The van der Waals surface area contributed by atoms with E-state index in [1.807, 2.05) is 6.07 Å². The minimum Gasteiger partial charge on any atom is -0.475 e. The van der Waals surface area contributed by atoms with Crippen LogP contribution in [0.1, 0.15) is 18.4 Å². The molecule has 1 aliphatic carbocycles. The summed E-state index contributed by atoms with van der Waals surface area (Å²) >= 11 is 3.44. The van der Waals surface area contributed by atoms with Gasteiger partial charge in [0.2, 0.25) is 5.88 Å². The van der Waals surface area contributed by atoms with E-state index >= 15 is 0 Å². The molecule has 1 aliphatic rings. The molecule has 0 atom stereocenters. The van der Waals surface area contributed by atoms with Crippen molar-refractivity contribution in [1.29, 1.82) is 0 Å². The highest BCUT2D eigenvalue weighted by molar-refractivity contribution is 9.10. The lowest BCUT2D eigenvalue weighted by Crippen LogP contribution is -2.17. The Hall–Kier alpha value is -0.690. The molecule has 2 rings (SSSR count). The van der Waals surface area contributed by atoms with Crippen molar-refractivity contribution in [2.75, 3.05) is 33.5 Å². The van der Waals surface area contributed by atoms with E-state index in [9.17, 15) is 0 Å². The molecule has 0 amide bonds. The molecule has 5 nitrogen and oxygen atoms in total. The summed E-state index contributed by atoms with van der Waals surface area (Å²) in [5.74, 6) is 0.677. The van der Waals surface area contributed by atoms with E-state index in [-0.39, 0.29) is 0 Å². The van der Waals surface area contributed by atoms with E-state index in [1.165, 1.54) is 12.8 Å². The molecule has 0 aromatic carbocycles. The molecule has 0 spiro atoms. The summed E-state index contributed by atoms with van der Waals surface area (Å²) in [6.45, 7) is 3.01. The van der Waals surface area contributed by atoms with Crippen LogP contribution in [0.2, 0.25) is 0 Å². The molecule has 6 heteroatoms. The third-order valence-corrected chi connectivity index (χ3v) is 3.38. The first-order valence-electron chi connectivity index (χ1n) is 6.87. The highest BCUT2D eigenvalue weighted by Crippen LogP contribution is 2.23. The Balaban J connectivity index is 1.76. The number of halogens is 1. The fourth-order valence-corrected chi connectivity index (χ4v) is 2.09. The van der Waals surface area contributed by atoms with Crippen molar-refractivity contribution in [3.63, 3.8) is 0 Å². The summed E-state index contributed by atoms with van der Waals surface area (Å²) in [5, 5.41) is 3.47. The van der Waals surface area contributed by atoms with Crippen LogP contribution in [-0.4, -0.2) is 44.6 Å². The fraction of sp³-hybridized carbons (Fsp3) is 0.643. The van der Waals surface area contributed by atoms with Gasteiger partial charge in [0.05, 0.1) is 19.8 Å². The largest absolute Gasteiger partial charge is 0.475 e. The summed E-state index contributed by atoms with van der Waals surface area (Å²) in [6, 6.07) is 2.71. The van der Waals surface area contributed by atoms with Gasteiger partial charge in [0.1, 0.15) is 6.61 Å². The van der Waals surface area contributed by atoms with Crippen molar-refractivity contribution in [1.82, 2.24) is 10.3 Å². The number of nitrogens with one attached hydrogen (secondary N) is 1. The van der Waals surface area contributed by atoms with Crippen molar-refractivity contribution in [2.24, 2.45) is 0 Å². The monoisotopic (exact) mass is 344 g/mol. The lowest BCUT2D eigenvalue weighted by Gasteiger charge is -2.11. The van der Waals surface area contributed by atoms with Crippen molar-refractivity contribution < 1.29 is 14.2 Å². The lowest BCUT2D eigenvalue weighted by molar-refractivity contribution is 0.0535. The van der Waals surface area contributed by atoms with Crippen LogP contribution in [0, 0.1) is 0 Å². The first-order valence-corrected chi connectivity index (χ1v) is 7.66. The molecule has 0 unspecified atom stereocenters. The van der Waals surface area contributed by atoms with Crippen LogP contribution < -0.4 is 10.1 Å². The predicted octanol–water partition coefficient (Wildman–Crippen LogP) is 2.14. The van der Waals surface area contributed by atoms with Gasteiger partial charge in [-0.05, 0) is 34.8 Å². The number of rotatable bonds is 10. The highest BCUT2D eigenvalue weighted by atomic mass is 79.9. The Kier molecular flexibility index (Phi) is 6.72. The Bertz CT molecular complexity index is 413. The molecule has 1 N–H and O–H groups in total. The fourth-order valence-electron chi connectivity index (χ4n) is 1.71. The molecular formula is C14H21BrN2O3. The van der Waals surface area contributed by atoms with Crippen LogP contribution in [0.4, 0.5) is 0 Å². The number of aromatic nitrogens is 1. The molecule has 1 heterocycles. The van der Waals surface area contributed by atoms with E-state index in [0.29, 0.717) is 38.3 Å². The van der Waals surface area contributed by atoms with Gasteiger partial charge in [-0.1, -0.05) is 0 Å². The Morgan fingerprint density at radius 3 is 2.85 bits per heavy atom. The molecular weight excluding hydrogens is 324 g/mol. The van der Waals surface area contributed by atoms with E-state index in [4.69, 9.17) is 14.2 Å². The van der Waals surface area contributed by atoms with E-state index in [0.717, 1.165) is 16.6 Å². The first kappa shape index (κ1) is 15.7. The maximum absolute atomic E-state index is 5.69. The zero-order valence-electron chi connectivity index (χ0n) is 11.7. The van der Waals surface area contributed by atoms with E-state index < -0.39 is 0 Å². The summed E-state index contributed by atoms with van der Waals surface area (Å²) in [5.41, 5.74) is 1.07. The average molecular weight is 345 g/mol. The van der Waals surface area contributed by atoms with Crippen molar-refractivity contribution >= 4 is 15.9 Å². The van der Waals surface area contributed by atoms with Gasteiger partial charge in [0, 0.05) is 35.9 Å². The zero-order chi connectivity index (χ0) is 14.2. The molecule has 1 aromatic heterocycles. The highest BCUT2D eigenvalue weighted by Gasteiger charge is 2.20. The minimum atomic E-state index is 0.495. The molecule has 0 aliphatic heterocycles. The molecule has 1 aromatic rings. The van der Waals surface area contributed by atoms with E-state index in [2.05, 4.69) is 26.2 Å². The molecule has 112 valence electrons. The van der Waals surface area contributed by atoms with Crippen LogP contribution in [0.25, 0.3) is 0 Å². The van der Waals surface area contributed by atoms with Crippen LogP contribution in [-0.2, 0) is 16.0 Å². The van der Waals surface area contributed by atoms with Gasteiger partial charge >= 0.3 is 0 Å². The molecule has 0 radical (unpaired) electrons. The Labute approximate surface area is 128 Å². The Morgan fingerprint density at radius 2 is 2.10 bits per heavy atom. The second-order valence-corrected chi connectivity index (χ2v) is 5.64. The quantitative estimate of drug-likeness (QED) is 0.659. The summed E-state index contributed by atoms with van der Waals surface area (Å²) in [7, 11) is 1.66. The smallest absolute Gasteiger partial charge is 0.217 e. The van der Waals surface area contributed by atoms with Gasteiger partial charge < -0.3 is 19.5 Å². The summed E-state index contributed by atoms with van der Waals surface area (Å²) in [4.78, 5) is 4.32. The second kappa shape index (κ2) is 8.56. The normalized spacial score (nSPS) is 14.5. The van der Waals surface area contributed by atoms with Crippen LogP contribution in [0.3, 0.4) is 0 Å². The van der Waals surface area contributed by atoms with Gasteiger partial charge in [-0.15, -0.1) is 0 Å². The molecule has 1 fully saturated rings. The van der Waals surface area contributed by atoms with Crippen molar-refractivity contribution in [2.45, 2.75) is 25.4 Å². The number of nitrogens with zero attached hydrogens (tertiary/aromatic N) is 1. The van der Waals surface area contributed by atoms with Crippen molar-refractivity contribution in [3.05, 3.63) is 22.3 Å². The maximum Gasteiger partial charge on any atom is 0.217 e. The maximum atomic E-state index is 5.69.